The first-order valence-electron chi connectivity index (χ1n) is 7.49. The Morgan fingerprint density at radius 3 is 1.91 bits per heavy atom. The summed E-state index contributed by atoms with van der Waals surface area (Å²) < 4.78 is 9.76. The van der Waals surface area contributed by atoms with E-state index >= 15 is 0 Å². The molecule has 0 aliphatic carbocycles. The van der Waals surface area contributed by atoms with Gasteiger partial charge in [-0.05, 0) is 47.5 Å². The van der Waals surface area contributed by atoms with Crippen LogP contribution in [0.25, 0.3) is 0 Å². The minimum atomic E-state index is -0.969. The van der Waals surface area contributed by atoms with E-state index in [0.717, 1.165) is 5.06 Å². The molecule has 0 radical (unpaired) electrons. The molecular weight excluding hydrogens is 313 g/mol. The molecule has 0 unspecified atom stereocenters. The van der Waals surface area contributed by atoms with E-state index in [1.165, 1.54) is 0 Å². The number of hydrogen-bond acceptors (Lipinski definition) is 6. The standard InChI is InChI=1S/C15H27NO6.Na.H/c1-6-20-13(18)12(14(19)21-7-2)9-8-10-16(11-17)22-15(3,4)5;;/h11-12H,6-10H2,1-5H3;;. The first-order chi connectivity index (χ1) is 10.2. The van der Waals surface area contributed by atoms with Gasteiger partial charge in [0, 0.05) is 6.54 Å². The number of hydroxylamine groups is 2. The van der Waals surface area contributed by atoms with Crippen LogP contribution in [0.5, 0.6) is 0 Å². The summed E-state index contributed by atoms with van der Waals surface area (Å²) in [4.78, 5) is 40.0. The molecule has 0 bridgehead atoms. The maximum atomic E-state index is 11.8. The summed E-state index contributed by atoms with van der Waals surface area (Å²) >= 11 is 0. The van der Waals surface area contributed by atoms with Crippen LogP contribution in [0.15, 0.2) is 0 Å². The Bertz CT molecular complexity index is 351. The monoisotopic (exact) mass is 341 g/mol. The number of esters is 2. The normalized spacial score (nSPS) is 10.7. The second-order valence-electron chi connectivity index (χ2n) is 5.65. The zero-order valence-corrected chi connectivity index (χ0v) is 14.1. The van der Waals surface area contributed by atoms with E-state index in [-0.39, 0.29) is 55.7 Å². The Hall–Kier alpha value is -0.630. The van der Waals surface area contributed by atoms with Crippen molar-refractivity contribution in [3.63, 3.8) is 0 Å². The number of rotatable bonds is 10. The van der Waals surface area contributed by atoms with Crippen molar-refractivity contribution >= 4 is 47.9 Å². The van der Waals surface area contributed by atoms with Crippen molar-refractivity contribution in [2.75, 3.05) is 19.8 Å². The van der Waals surface area contributed by atoms with Gasteiger partial charge >= 0.3 is 41.5 Å². The van der Waals surface area contributed by atoms with Gasteiger partial charge in [0.2, 0.25) is 6.41 Å². The van der Waals surface area contributed by atoms with E-state index < -0.39 is 23.5 Å². The van der Waals surface area contributed by atoms with Crippen LogP contribution >= 0.6 is 0 Å². The van der Waals surface area contributed by atoms with Gasteiger partial charge in [-0.3, -0.25) is 19.2 Å². The van der Waals surface area contributed by atoms with E-state index in [4.69, 9.17) is 14.3 Å². The molecule has 0 N–H and O–H groups in total. The van der Waals surface area contributed by atoms with Crippen LogP contribution in [0, 0.1) is 5.92 Å². The predicted octanol–water partition coefficient (Wildman–Crippen LogP) is 1.05. The van der Waals surface area contributed by atoms with Crippen LogP contribution in [-0.4, -0.2) is 78.3 Å². The Balaban J connectivity index is 0. The van der Waals surface area contributed by atoms with Crippen molar-refractivity contribution < 1.29 is 28.7 Å². The molecule has 23 heavy (non-hydrogen) atoms. The number of nitrogens with zero attached hydrogens (tertiary/aromatic N) is 1. The molecule has 0 saturated heterocycles. The quantitative estimate of drug-likeness (QED) is 0.194. The summed E-state index contributed by atoms with van der Waals surface area (Å²) in [6, 6.07) is 0. The topological polar surface area (TPSA) is 82.1 Å². The number of carbonyl (C=O) groups is 3. The second-order valence-corrected chi connectivity index (χ2v) is 5.65. The van der Waals surface area contributed by atoms with E-state index in [2.05, 4.69) is 0 Å². The van der Waals surface area contributed by atoms with Crippen molar-refractivity contribution in [2.45, 2.75) is 53.1 Å². The summed E-state index contributed by atoms with van der Waals surface area (Å²) in [5.41, 5.74) is -0.497. The molecule has 0 aromatic carbocycles. The molecule has 130 valence electrons. The van der Waals surface area contributed by atoms with E-state index in [9.17, 15) is 14.4 Å². The molecule has 7 nitrogen and oxygen atoms in total. The van der Waals surface area contributed by atoms with Crippen molar-refractivity contribution in [3.05, 3.63) is 0 Å². The van der Waals surface area contributed by atoms with Crippen LogP contribution in [0.4, 0.5) is 0 Å². The predicted molar refractivity (Wildman–Crippen MR) is 86.7 cm³/mol. The average molecular weight is 341 g/mol. The Morgan fingerprint density at radius 2 is 1.57 bits per heavy atom. The Kier molecular flexibility index (Phi) is 13.6. The molecule has 0 saturated carbocycles. The van der Waals surface area contributed by atoms with Gasteiger partial charge in [-0.2, -0.15) is 0 Å². The minimum absolute atomic E-state index is 0. The fourth-order valence-electron chi connectivity index (χ4n) is 1.74. The number of hydrogen-bond donors (Lipinski definition) is 0. The van der Waals surface area contributed by atoms with E-state index in [0.29, 0.717) is 12.8 Å². The van der Waals surface area contributed by atoms with Gasteiger partial charge < -0.3 is 9.47 Å². The van der Waals surface area contributed by atoms with Crippen molar-refractivity contribution in [1.29, 1.82) is 0 Å². The molecule has 8 heteroatoms. The van der Waals surface area contributed by atoms with Gasteiger partial charge in [0.25, 0.3) is 0 Å². The van der Waals surface area contributed by atoms with E-state index in [1.54, 1.807) is 13.8 Å². The average Bonchev–Trinajstić information content (AvgIpc) is 2.41. The van der Waals surface area contributed by atoms with Gasteiger partial charge in [0.1, 0.15) is 0 Å². The summed E-state index contributed by atoms with van der Waals surface area (Å²) in [7, 11) is 0. The molecule has 0 heterocycles. The van der Waals surface area contributed by atoms with Gasteiger partial charge in [-0.25, -0.2) is 5.06 Å². The zero-order chi connectivity index (χ0) is 17.2. The summed E-state index contributed by atoms with van der Waals surface area (Å²) in [6.07, 6.45) is 1.22. The summed E-state index contributed by atoms with van der Waals surface area (Å²) in [5.74, 6) is -2.17. The molecule has 0 aliphatic heterocycles. The van der Waals surface area contributed by atoms with Crippen molar-refractivity contribution in [3.8, 4) is 0 Å². The summed E-state index contributed by atoms with van der Waals surface area (Å²) in [6.45, 7) is 9.48. The maximum absolute atomic E-state index is 11.8. The summed E-state index contributed by atoms with van der Waals surface area (Å²) in [5, 5.41) is 1.16. The van der Waals surface area contributed by atoms with Gasteiger partial charge in [0.15, 0.2) is 5.92 Å². The van der Waals surface area contributed by atoms with Crippen molar-refractivity contribution in [2.24, 2.45) is 5.92 Å². The number of carbonyl (C=O) groups excluding carboxylic acids is 3. The Labute approximate surface area is 160 Å². The molecule has 0 atom stereocenters. The number of ether oxygens (including phenoxy) is 2. The van der Waals surface area contributed by atoms with E-state index in [1.807, 2.05) is 20.8 Å². The van der Waals surface area contributed by atoms with Gasteiger partial charge in [-0.15, -0.1) is 0 Å². The fourth-order valence-corrected chi connectivity index (χ4v) is 1.74. The first-order valence-corrected chi connectivity index (χ1v) is 7.49. The molecule has 0 spiro atoms. The Morgan fingerprint density at radius 1 is 1.09 bits per heavy atom. The second kappa shape index (κ2) is 12.8. The van der Waals surface area contributed by atoms with Crippen LogP contribution in [0.2, 0.25) is 0 Å². The van der Waals surface area contributed by atoms with Crippen LogP contribution in [0.1, 0.15) is 47.5 Å². The fraction of sp³-hybridized carbons (Fsp3) is 0.800. The molecule has 0 aliphatic rings. The van der Waals surface area contributed by atoms with Crippen LogP contribution < -0.4 is 0 Å². The number of amides is 1. The van der Waals surface area contributed by atoms with Gasteiger partial charge in [0.05, 0.1) is 18.8 Å². The first kappa shape index (κ1) is 24.6. The SMILES string of the molecule is CCOC(=O)C(CCCN(C=O)OC(C)(C)C)C(=O)OCC.[NaH]. The molecule has 0 aromatic heterocycles. The van der Waals surface area contributed by atoms with Crippen LogP contribution in [0.3, 0.4) is 0 Å². The molecular formula is C15H28NNaO6. The van der Waals surface area contributed by atoms with Gasteiger partial charge in [-0.1, -0.05) is 0 Å². The van der Waals surface area contributed by atoms with Crippen LogP contribution in [-0.2, 0) is 28.7 Å². The third kappa shape index (κ3) is 11.5. The molecule has 0 aromatic rings. The molecule has 1 amide bonds. The third-order valence-electron chi connectivity index (χ3n) is 2.52. The molecule has 0 fully saturated rings. The molecule has 0 rings (SSSR count). The van der Waals surface area contributed by atoms with Crippen molar-refractivity contribution in [1.82, 2.24) is 5.06 Å². The zero-order valence-electron chi connectivity index (χ0n) is 14.1. The third-order valence-corrected chi connectivity index (χ3v) is 2.52.